The molecular formula is C18H30IN5O3. The van der Waals surface area contributed by atoms with E-state index in [0.717, 1.165) is 18.7 Å². The highest BCUT2D eigenvalue weighted by Gasteiger charge is 2.34. The molecular weight excluding hydrogens is 461 g/mol. The lowest BCUT2D eigenvalue weighted by atomic mass is 9.84. The first-order valence-corrected chi connectivity index (χ1v) is 8.93. The zero-order valence-electron chi connectivity index (χ0n) is 16.0. The van der Waals surface area contributed by atoms with E-state index in [1.807, 2.05) is 19.1 Å². The van der Waals surface area contributed by atoms with Gasteiger partial charge >= 0.3 is 0 Å². The minimum atomic E-state index is -0.105. The molecule has 9 heteroatoms. The number of aromatic nitrogens is 1. The van der Waals surface area contributed by atoms with Crippen LogP contribution in [-0.4, -0.2) is 61.9 Å². The van der Waals surface area contributed by atoms with Crippen LogP contribution in [0, 0.1) is 12.3 Å². The molecule has 0 aliphatic carbocycles. The Balaban J connectivity index is 0.00000364. The van der Waals surface area contributed by atoms with Gasteiger partial charge in [-0.1, -0.05) is 6.07 Å². The number of guanidine groups is 1. The van der Waals surface area contributed by atoms with Gasteiger partial charge < -0.3 is 25.8 Å². The number of pyridine rings is 1. The lowest BCUT2D eigenvalue weighted by Crippen LogP contribution is -2.45. The Labute approximate surface area is 177 Å². The van der Waals surface area contributed by atoms with Crippen molar-refractivity contribution < 1.29 is 14.6 Å². The van der Waals surface area contributed by atoms with E-state index in [-0.39, 0.29) is 41.9 Å². The first-order valence-electron chi connectivity index (χ1n) is 8.93. The number of nitrogens with zero attached hydrogens (tertiary/aromatic N) is 2. The number of nitrogens with one attached hydrogen (secondary N) is 3. The Kier molecular flexibility index (Phi) is 10.6. The molecule has 0 aromatic carbocycles. The number of halogens is 1. The summed E-state index contributed by atoms with van der Waals surface area (Å²) < 4.78 is 5.49. The van der Waals surface area contributed by atoms with Crippen molar-refractivity contribution in [3.05, 3.63) is 23.9 Å². The lowest BCUT2D eigenvalue weighted by molar-refractivity contribution is -0.116. The lowest BCUT2D eigenvalue weighted by Gasteiger charge is -2.27. The van der Waals surface area contributed by atoms with Crippen LogP contribution in [-0.2, 0) is 9.53 Å². The van der Waals surface area contributed by atoms with Gasteiger partial charge in [0.2, 0.25) is 5.91 Å². The van der Waals surface area contributed by atoms with Gasteiger partial charge in [-0.05, 0) is 31.9 Å². The van der Waals surface area contributed by atoms with Crippen molar-refractivity contribution in [3.63, 3.8) is 0 Å². The summed E-state index contributed by atoms with van der Waals surface area (Å²) in [6.07, 6.45) is 1.92. The molecule has 0 radical (unpaired) electrons. The number of ether oxygens (including phenoxy) is 1. The molecule has 0 spiro atoms. The number of carbonyl (C=O) groups is 1. The van der Waals surface area contributed by atoms with Crippen LogP contribution in [0.4, 0.5) is 5.82 Å². The van der Waals surface area contributed by atoms with Crippen molar-refractivity contribution in [1.82, 2.24) is 15.6 Å². The van der Waals surface area contributed by atoms with E-state index in [4.69, 9.17) is 4.74 Å². The van der Waals surface area contributed by atoms with Gasteiger partial charge in [-0.25, -0.2) is 4.98 Å². The summed E-state index contributed by atoms with van der Waals surface area (Å²) in [6, 6.07) is 5.51. The molecule has 1 atom stereocenters. The Morgan fingerprint density at radius 1 is 1.41 bits per heavy atom. The number of carbonyl (C=O) groups excluding carboxylic acids is 1. The van der Waals surface area contributed by atoms with Crippen molar-refractivity contribution in [1.29, 1.82) is 0 Å². The first-order chi connectivity index (χ1) is 12.6. The van der Waals surface area contributed by atoms with E-state index in [1.54, 1.807) is 13.1 Å². The van der Waals surface area contributed by atoms with E-state index < -0.39 is 0 Å². The maximum absolute atomic E-state index is 12.0. The Morgan fingerprint density at radius 2 is 2.22 bits per heavy atom. The number of amides is 1. The summed E-state index contributed by atoms with van der Waals surface area (Å²) >= 11 is 0. The molecule has 27 heavy (non-hydrogen) atoms. The predicted molar refractivity (Wildman–Crippen MR) is 117 cm³/mol. The van der Waals surface area contributed by atoms with Crippen LogP contribution in [0.3, 0.4) is 0 Å². The van der Waals surface area contributed by atoms with Crippen LogP contribution in [0.2, 0.25) is 0 Å². The maximum Gasteiger partial charge on any atom is 0.227 e. The van der Waals surface area contributed by atoms with Crippen LogP contribution in [0.5, 0.6) is 0 Å². The van der Waals surface area contributed by atoms with E-state index in [1.165, 1.54) is 0 Å². The molecule has 1 unspecified atom stereocenters. The summed E-state index contributed by atoms with van der Waals surface area (Å²) in [5.41, 5.74) is 0.804. The molecule has 2 heterocycles. The molecule has 1 aliphatic rings. The molecule has 4 N–H and O–H groups in total. The number of aliphatic hydroxyl groups excluding tert-OH is 1. The van der Waals surface area contributed by atoms with Crippen molar-refractivity contribution in [2.45, 2.75) is 26.2 Å². The smallest absolute Gasteiger partial charge is 0.227 e. The number of aliphatic hydroxyl groups is 1. The number of aliphatic imine (C=N–C) groups is 1. The number of hydrogen-bond donors (Lipinski definition) is 4. The second-order valence-corrected chi connectivity index (χ2v) is 6.59. The third kappa shape index (κ3) is 7.97. The summed E-state index contributed by atoms with van der Waals surface area (Å²) in [6.45, 7) is 4.52. The number of hydrogen-bond acceptors (Lipinski definition) is 5. The van der Waals surface area contributed by atoms with Gasteiger partial charge in [0, 0.05) is 50.9 Å². The molecule has 1 amide bonds. The molecule has 1 aromatic heterocycles. The predicted octanol–water partition coefficient (Wildman–Crippen LogP) is 1.29. The van der Waals surface area contributed by atoms with Crippen molar-refractivity contribution in [3.8, 4) is 0 Å². The topological polar surface area (TPSA) is 108 Å². The van der Waals surface area contributed by atoms with Gasteiger partial charge in [0.25, 0.3) is 0 Å². The number of aryl methyl sites for hydroxylation is 1. The number of rotatable bonds is 8. The molecule has 1 aliphatic heterocycles. The SMILES string of the molecule is CN=C(NCCC(=O)Nc1cccc(C)n1)NCC1(CCO)CCOC1.I. The number of anilines is 1. The second kappa shape index (κ2) is 12.1. The molecule has 1 aromatic rings. The van der Waals surface area contributed by atoms with Crippen molar-refractivity contribution in [2.75, 3.05) is 45.3 Å². The monoisotopic (exact) mass is 491 g/mol. The summed E-state index contributed by atoms with van der Waals surface area (Å²) in [7, 11) is 1.69. The zero-order valence-corrected chi connectivity index (χ0v) is 18.3. The second-order valence-electron chi connectivity index (χ2n) is 6.59. The first kappa shape index (κ1) is 23.6. The molecule has 8 nitrogen and oxygen atoms in total. The van der Waals surface area contributed by atoms with Crippen LogP contribution in [0.15, 0.2) is 23.2 Å². The highest BCUT2D eigenvalue weighted by atomic mass is 127. The van der Waals surface area contributed by atoms with Crippen LogP contribution < -0.4 is 16.0 Å². The normalized spacial score (nSPS) is 19.3. The van der Waals surface area contributed by atoms with Gasteiger partial charge in [0.15, 0.2) is 5.96 Å². The summed E-state index contributed by atoms with van der Waals surface area (Å²) in [5.74, 6) is 1.09. The average molecular weight is 491 g/mol. The van der Waals surface area contributed by atoms with E-state index in [2.05, 4.69) is 25.9 Å². The molecule has 0 bridgehead atoms. The molecule has 1 saturated heterocycles. The third-order valence-corrected chi connectivity index (χ3v) is 4.48. The summed E-state index contributed by atoms with van der Waals surface area (Å²) in [5, 5.41) is 18.5. The van der Waals surface area contributed by atoms with E-state index >= 15 is 0 Å². The summed E-state index contributed by atoms with van der Waals surface area (Å²) in [4.78, 5) is 20.4. The maximum atomic E-state index is 12.0. The van der Waals surface area contributed by atoms with Gasteiger partial charge in [0.1, 0.15) is 5.82 Å². The van der Waals surface area contributed by atoms with Gasteiger partial charge in [0.05, 0.1) is 6.61 Å². The minimum Gasteiger partial charge on any atom is -0.396 e. The largest absolute Gasteiger partial charge is 0.396 e. The van der Waals surface area contributed by atoms with Crippen LogP contribution in [0.25, 0.3) is 0 Å². The zero-order chi connectivity index (χ0) is 18.8. The fraction of sp³-hybridized carbons (Fsp3) is 0.611. The molecule has 152 valence electrons. The highest BCUT2D eigenvalue weighted by molar-refractivity contribution is 14.0. The molecule has 0 saturated carbocycles. The van der Waals surface area contributed by atoms with Gasteiger partial charge in [-0.3, -0.25) is 9.79 Å². The van der Waals surface area contributed by atoms with Crippen LogP contribution >= 0.6 is 24.0 Å². The highest BCUT2D eigenvalue weighted by Crippen LogP contribution is 2.31. The Hall–Kier alpha value is -1.46. The Morgan fingerprint density at radius 3 is 2.85 bits per heavy atom. The quantitative estimate of drug-likeness (QED) is 0.248. The molecule has 2 rings (SSSR count). The fourth-order valence-electron chi connectivity index (χ4n) is 2.92. The van der Waals surface area contributed by atoms with Crippen LogP contribution in [0.1, 0.15) is 25.0 Å². The average Bonchev–Trinajstić information content (AvgIpc) is 3.07. The van der Waals surface area contributed by atoms with Crippen molar-refractivity contribution in [2.24, 2.45) is 10.4 Å². The van der Waals surface area contributed by atoms with Crippen molar-refractivity contribution >= 4 is 41.7 Å². The van der Waals surface area contributed by atoms with Gasteiger partial charge in [-0.15, -0.1) is 24.0 Å². The Bertz CT molecular complexity index is 621. The van der Waals surface area contributed by atoms with Gasteiger partial charge in [-0.2, -0.15) is 0 Å². The van der Waals surface area contributed by atoms with E-state index in [9.17, 15) is 9.90 Å². The standard InChI is InChI=1S/C18H29N5O3.HI/c1-14-4-3-5-15(22-14)23-16(25)6-9-20-17(19-2)21-12-18(7-10-24)8-11-26-13-18;/h3-5,24H,6-13H2,1-2H3,(H2,19,20,21)(H,22,23,25);1H. The molecule has 1 fully saturated rings. The minimum absolute atomic E-state index is 0. The third-order valence-electron chi connectivity index (χ3n) is 4.48. The fourth-order valence-corrected chi connectivity index (χ4v) is 2.92. The van der Waals surface area contributed by atoms with E-state index in [0.29, 0.717) is 44.3 Å².